The first kappa shape index (κ1) is 47.9. The van der Waals surface area contributed by atoms with E-state index in [9.17, 15) is 0 Å². The van der Waals surface area contributed by atoms with Crippen molar-refractivity contribution < 1.29 is 0 Å². The number of benzene rings is 10. The van der Waals surface area contributed by atoms with Crippen molar-refractivity contribution in [2.24, 2.45) is 0 Å². The van der Waals surface area contributed by atoms with Crippen LogP contribution in [-0.4, -0.2) is 16.4 Å². The van der Waals surface area contributed by atoms with Crippen LogP contribution in [0.25, 0.3) is 76.9 Å². The van der Waals surface area contributed by atoms with E-state index in [4.69, 9.17) is 0 Å². The van der Waals surface area contributed by atoms with Gasteiger partial charge < -0.3 is 19.4 Å². The highest BCUT2D eigenvalue weighted by molar-refractivity contribution is 6.73. The van der Waals surface area contributed by atoms with Gasteiger partial charge in [-0.3, -0.25) is 0 Å². The van der Waals surface area contributed by atoms with E-state index in [1.54, 1.807) is 0 Å². The Balaban J connectivity index is 1.09. The smallest absolute Gasteiger partial charge is 0.197 e. The molecule has 3 aliphatic rings. The fraction of sp³-hybridized carbons (Fsp3) is 0.216. The molecule has 15 rings (SSSR count). The SMILES string of the molecule is CC1(C)CCC(C)(C)c2cc(Nc3cc(N(c4ccccc4)c4ccccc4)ccc3-c3cc(-n4c5ccccc5c5ccccc54)c4c5ccc6ccccc6c5n5c4c3[B]c3cc4c(cc3-5)C(C)(C)CCC4(C)C)ccc21. The van der Waals surface area contributed by atoms with Crippen molar-refractivity contribution in [3.05, 3.63) is 222 Å². The van der Waals surface area contributed by atoms with E-state index in [1.807, 2.05) is 0 Å². The van der Waals surface area contributed by atoms with Crippen LogP contribution in [0.4, 0.5) is 28.4 Å². The quantitative estimate of drug-likeness (QED) is 0.161. The number of nitrogens with zero attached hydrogens (tertiary/aromatic N) is 3. The average Bonchev–Trinajstić information content (AvgIpc) is 4.23. The third kappa shape index (κ3) is 7.27. The van der Waals surface area contributed by atoms with Crippen LogP contribution in [0.2, 0.25) is 0 Å². The second-order valence-corrected chi connectivity index (χ2v) is 25.7. The molecule has 1 aliphatic heterocycles. The number of fused-ring (bicyclic) bond motifs is 12. The molecule has 4 nitrogen and oxygen atoms in total. The Hall–Kier alpha value is -8.28. The first-order chi connectivity index (χ1) is 38.1. The second kappa shape index (κ2) is 17.1. The van der Waals surface area contributed by atoms with Gasteiger partial charge >= 0.3 is 0 Å². The summed E-state index contributed by atoms with van der Waals surface area (Å²) in [7, 11) is 2.56. The minimum Gasteiger partial charge on any atom is -0.355 e. The van der Waals surface area contributed by atoms with Crippen LogP contribution >= 0.6 is 0 Å². The number of hydrogen-bond donors (Lipinski definition) is 1. The molecule has 5 heteroatoms. The highest BCUT2D eigenvalue weighted by atomic mass is 15.1. The molecule has 1 N–H and O–H groups in total. The van der Waals surface area contributed by atoms with Gasteiger partial charge in [0.1, 0.15) is 0 Å². The molecule has 2 aliphatic carbocycles. The lowest BCUT2D eigenvalue weighted by Gasteiger charge is -2.43. The standard InChI is InChI=1S/C74H66BN4/c1-71(2)37-38-72(3,4)58-41-47(32-36-57(58)71)76-62-42-50(77(48-22-11-9-12-23-48)49-24-13-10-14-25-49)33-35-52(62)56-43-66(78-63-29-19-17-27-53(63)54-28-18-20-30-64(54)78)67-55-34-31-46-21-15-16-26-51(46)69(55)79-65-45-60-59(44-61(65)75-68(56)70(67)79)73(5,6)39-40-74(60,7)8/h9-36,41-45,76H,37-40H2,1-8H3. The van der Waals surface area contributed by atoms with Crippen molar-refractivity contribution in [2.75, 3.05) is 10.2 Å². The molecule has 2 aromatic heterocycles. The van der Waals surface area contributed by atoms with Gasteiger partial charge in [-0.2, -0.15) is 0 Å². The maximum Gasteiger partial charge on any atom is 0.197 e. The predicted molar refractivity (Wildman–Crippen MR) is 338 cm³/mol. The molecule has 0 amide bonds. The summed E-state index contributed by atoms with van der Waals surface area (Å²) in [6, 6.07) is 75.5. The average molecular weight is 1020 g/mol. The van der Waals surface area contributed by atoms with Gasteiger partial charge in [-0.25, -0.2) is 0 Å². The summed E-state index contributed by atoms with van der Waals surface area (Å²) in [5.41, 5.74) is 23.6. The summed E-state index contributed by atoms with van der Waals surface area (Å²) in [6.45, 7) is 19.5. The topological polar surface area (TPSA) is 25.1 Å². The van der Waals surface area contributed by atoms with Crippen molar-refractivity contribution >= 4 is 101 Å². The number of hydrogen-bond acceptors (Lipinski definition) is 2. The van der Waals surface area contributed by atoms with Gasteiger partial charge in [-0.15, -0.1) is 0 Å². The van der Waals surface area contributed by atoms with Crippen molar-refractivity contribution in [1.82, 2.24) is 9.13 Å². The van der Waals surface area contributed by atoms with Gasteiger partial charge in [0.05, 0.1) is 27.8 Å². The van der Waals surface area contributed by atoms with E-state index >= 15 is 0 Å². The van der Waals surface area contributed by atoms with Crippen LogP contribution in [0.1, 0.15) is 103 Å². The molecule has 0 fully saturated rings. The molecule has 0 bridgehead atoms. The van der Waals surface area contributed by atoms with Crippen LogP contribution in [0.5, 0.6) is 0 Å². The Morgan fingerprint density at radius 1 is 0.405 bits per heavy atom. The molecule has 1 radical (unpaired) electrons. The molecular weight excluding hydrogens is 956 g/mol. The first-order valence-electron chi connectivity index (χ1n) is 28.7. The lowest BCUT2D eigenvalue weighted by molar-refractivity contribution is 0.332. The van der Waals surface area contributed by atoms with E-state index in [0.717, 1.165) is 53.3 Å². The maximum absolute atomic E-state index is 4.21. The largest absolute Gasteiger partial charge is 0.355 e. The second-order valence-electron chi connectivity index (χ2n) is 25.7. The van der Waals surface area contributed by atoms with Gasteiger partial charge in [-0.05, 0) is 159 Å². The van der Waals surface area contributed by atoms with Crippen molar-refractivity contribution in [1.29, 1.82) is 0 Å². The number of aromatic nitrogens is 2. The van der Waals surface area contributed by atoms with Crippen LogP contribution in [0.15, 0.2) is 200 Å². The Bertz CT molecular complexity index is 4400. The number of rotatable bonds is 7. The molecule has 0 saturated heterocycles. The number of para-hydroxylation sites is 4. The zero-order chi connectivity index (χ0) is 53.7. The minimum absolute atomic E-state index is 0.0254. The lowest BCUT2D eigenvalue weighted by Crippen LogP contribution is -2.41. The normalized spacial score (nSPS) is 16.4. The molecule has 79 heavy (non-hydrogen) atoms. The fourth-order valence-electron chi connectivity index (χ4n) is 14.5. The summed E-state index contributed by atoms with van der Waals surface area (Å²) < 4.78 is 5.26. The van der Waals surface area contributed by atoms with E-state index in [-0.39, 0.29) is 21.7 Å². The third-order valence-corrected chi connectivity index (χ3v) is 19.0. The highest BCUT2D eigenvalue weighted by Crippen LogP contribution is 2.51. The van der Waals surface area contributed by atoms with Crippen molar-refractivity contribution in [3.63, 3.8) is 0 Å². The van der Waals surface area contributed by atoms with E-state index < -0.39 is 0 Å². The number of nitrogens with one attached hydrogen (secondary N) is 1. The minimum atomic E-state index is 0.0254. The van der Waals surface area contributed by atoms with Crippen LogP contribution in [-0.2, 0) is 21.7 Å². The summed E-state index contributed by atoms with van der Waals surface area (Å²) >= 11 is 0. The van der Waals surface area contributed by atoms with E-state index in [0.29, 0.717) is 0 Å². The Labute approximate surface area is 465 Å². The summed E-state index contributed by atoms with van der Waals surface area (Å²) in [5.74, 6) is 0. The first-order valence-corrected chi connectivity index (χ1v) is 28.7. The molecule has 385 valence electrons. The Morgan fingerprint density at radius 2 is 0.962 bits per heavy atom. The van der Waals surface area contributed by atoms with Crippen molar-refractivity contribution in [2.45, 2.75) is 103 Å². The fourth-order valence-corrected chi connectivity index (χ4v) is 14.5. The molecule has 3 heterocycles. The Kier molecular flexibility index (Phi) is 10.4. The molecule has 0 unspecified atom stereocenters. The maximum atomic E-state index is 4.21. The lowest BCUT2D eigenvalue weighted by atomic mass is 9.55. The zero-order valence-electron chi connectivity index (χ0n) is 46.8. The monoisotopic (exact) mass is 1020 g/mol. The van der Waals surface area contributed by atoms with Crippen LogP contribution in [0.3, 0.4) is 0 Å². The molecule has 0 spiro atoms. The van der Waals surface area contributed by atoms with Gasteiger partial charge in [-0.1, -0.05) is 188 Å². The number of anilines is 5. The van der Waals surface area contributed by atoms with Gasteiger partial charge in [0.25, 0.3) is 0 Å². The third-order valence-electron chi connectivity index (χ3n) is 19.0. The molecule has 10 aromatic carbocycles. The van der Waals surface area contributed by atoms with Crippen LogP contribution in [0, 0.1) is 0 Å². The highest BCUT2D eigenvalue weighted by Gasteiger charge is 2.41. The predicted octanol–water partition coefficient (Wildman–Crippen LogP) is 18.6. The van der Waals surface area contributed by atoms with Crippen LogP contribution < -0.4 is 21.1 Å². The Morgan fingerprint density at radius 3 is 1.61 bits per heavy atom. The molecule has 12 aromatic rings. The van der Waals surface area contributed by atoms with E-state index in [1.165, 1.54) is 111 Å². The van der Waals surface area contributed by atoms with Crippen molar-refractivity contribution in [3.8, 4) is 22.5 Å². The van der Waals surface area contributed by atoms with Gasteiger partial charge in [0.2, 0.25) is 0 Å². The van der Waals surface area contributed by atoms with Gasteiger partial charge in [0.15, 0.2) is 7.28 Å². The molecule has 0 atom stereocenters. The zero-order valence-corrected chi connectivity index (χ0v) is 46.8. The summed E-state index contributed by atoms with van der Waals surface area (Å²) in [5, 5.41) is 11.7. The molecular formula is C74H66BN4. The van der Waals surface area contributed by atoms with Gasteiger partial charge in [0, 0.05) is 66.6 Å². The molecule has 0 saturated carbocycles. The van der Waals surface area contributed by atoms with E-state index in [2.05, 4.69) is 282 Å². The summed E-state index contributed by atoms with van der Waals surface area (Å²) in [4.78, 5) is 2.39. The summed E-state index contributed by atoms with van der Waals surface area (Å²) in [6.07, 6.45) is 4.62.